The Morgan fingerprint density at radius 1 is 0.977 bits per heavy atom. The second-order valence-corrected chi connectivity index (χ2v) is 10.7. The molecule has 0 bridgehead atoms. The van der Waals surface area contributed by atoms with Gasteiger partial charge in [-0.2, -0.15) is 4.98 Å². The van der Waals surface area contributed by atoms with E-state index in [9.17, 15) is 14.4 Å². The van der Waals surface area contributed by atoms with Gasteiger partial charge in [0.1, 0.15) is 23.7 Å². The number of rotatable bonds is 9. The quantitative estimate of drug-likeness (QED) is 0.384. The second kappa shape index (κ2) is 13.9. The van der Waals surface area contributed by atoms with E-state index in [4.69, 9.17) is 15.2 Å². The molecule has 1 unspecified atom stereocenters. The largest absolute Gasteiger partial charge is 0.445 e. The van der Waals surface area contributed by atoms with Gasteiger partial charge in [0.25, 0.3) is 5.91 Å². The van der Waals surface area contributed by atoms with Crippen LogP contribution in [0.25, 0.3) is 0 Å². The number of anilines is 2. The van der Waals surface area contributed by atoms with Gasteiger partial charge in [-0.05, 0) is 48.6 Å². The van der Waals surface area contributed by atoms with Crippen molar-refractivity contribution in [1.29, 1.82) is 0 Å². The molecule has 2 aliphatic rings. The molecule has 43 heavy (non-hydrogen) atoms. The first kappa shape index (κ1) is 29.6. The Morgan fingerprint density at radius 3 is 2.42 bits per heavy atom. The minimum Gasteiger partial charge on any atom is -0.445 e. The molecule has 3 amide bonds. The summed E-state index contributed by atoms with van der Waals surface area (Å²) in [4.78, 5) is 50.7. The number of carbonyl (C=O) groups is 3. The third-order valence-electron chi connectivity index (χ3n) is 7.71. The van der Waals surface area contributed by atoms with E-state index in [2.05, 4.69) is 20.2 Å². The topological polar surface area (TPSA) is 143 Å². The van der Waals surface area contributed by atoms with Crippen LogP contribution in [0.15, 0.2) is 60.8 Å². The fourth-order valence-electron chi connectivity index (χ4n) is 5.29. The van der Waals surface area contributed by atoms with E-state index in [0.717, 1.165) is 37.2 Å². The summed E-state index contributed by atoms with van der Waals surface area (Å²) in [7, 11) is 0. The van der Waals surface area contributed by atoms with Crippen molar-refractivity contribution >= 4 is 29.4 Å². The van der Waals surface area contributed by atoms with Gasteiger partial charge in [-0.15, -0.1) is 0 Å². The zero-order valence-corrected chi connectivity index (χ0v) is 24.3. The van der Waals surface area contributed by atoms with Crippen LogP contribution in [0.1, 0.15) is 35.7 Å². The normalized spacial score (nSPS) is 16.9. The SMILES string of the molecule is CC(=O)N1CCN(c2ccc(Oc3ncc(C(N)=O)c(NCC4CCCN(C(=O)OCc5ccccc5)C4)n3)cc2)CC1. The summed E-state index contributed by atoms with van der Waals surface area (Å²) in [6.07, 6.45) is 2.76. The van der Waals surface area contributed by atoms with Crippen molar-refractivity contribution in [2.75, 3.05) is 56.0 Å². The van der Waals surface area contributed by atoms with E-state index in [1.54, 1.807) is 11.8 Å². The number of primary amides is 1. The molecule has 3 aromatic rings. The molecule has 1 atom stereocenters. The second-order valence-electron chi connectivity index (χ2n) is 10.7. The molecule has 5 rings (SSSR count). The van der Waals surface area contributed by atoms with Gasteiger partial charge in [-0.3, -0.25) is 9.59 Å². The van der Waals surface area contributed by atoms with Crippen LogP contribution in [-0.2, 0) is 16.1 Å². The standard InChI is InChI=1S/C31H37N7O5/c1-22(39)36-14-16-37(17-15-36)25-9-11-26(12-10-25)43-30-34-19-27(28(32)40)29(35-30)33-18-24-8-5-13-38(20-24)31(41)42-21-23-6-3-2-4-7-23/h2-4,6-7,9-12,19,24H,5,8,13-18,20-21H2,1H3,(H2,32,40)(H,33,34,35). The summed E-state index contributed by atoms with van der Waals surface area (Å²) < 4.78 is 11.4. The Kier molecular flexibility index (Phi) is 9.55. The zero-order chi connectivity index (χ0) is 30.2. The van der Waals surface area contributed by atoms with Crippen LogP contribution in [0.3, 0.4) is 0 Å². The number of piperazine rings is 1. The van der Waals surface area contributed by atoms with Crippen molar-refractivity contribution in [2.45, 2.75) is 26.4 Å². The predicted molar refractivity (Wildman–Crippen MR) is 161 cm³/mol. The Hall–Kier alpha value is -4.87. The molecule has 0 spiro atoms. The van der Waals surface area contributed by atoms with E-state index < -0.39 is 5.91 Å². The lowest BCUT2D eigenvalue weighted by molar-refractivity contribution is -0.129. The third-order valence-corrected chi connectivity index (χ3v) is 7.71. The number of ether oxygens (including phenoxy) is 2. The van der Waals surface area contributed by atoms with Crippen molar-refractivity contribution in [2.24, 2.45) is 11.7 Å². The van der Waals surface area contributed by atoms with Crippen LogP contribution in [-0.4, -0.2) is 83.5 Å². The van der Waals surface area contributed by atoms with Crippen molar-refractivity contribution < 1.29 is 23.9 Å². The van der Waals surface area contributed by atoms with E-state index in [1.807, 2.05) is 59.5 Å². The summed E-state index contributed by atoms with van der Waals surface area (Å²) in [5.74, 6) is 0.391. The van der Waals surface area contributed by atoms with Crippen LogP contribution < -0.4 is 20.7 Å². The lowest BCUT2D eigenvalue weighted by Crippen LogP contribution is -2.48. The molecule has 0 aliphatic carbocycles. The van der Waals surface area contributed by atoms with Gasteiger partial charge in [0.2, 0.25) is 5.91 Å². The van der Waals surface area contributed by atoms with Gasteiger partial charge in [0.15, 0.2) is 0 Å². The number of carbonyl (C=O) groups excluding carboxylic acids is 3. The predicted octanol–water partition coefficient (Wildman–Crippen LogP) is 3.50. The summed E-state index contributed by atoms with van der Waals surface area (Å²) in [6, 6.07) is 17.2. The summed E-state index contributed by atoms with van der Waals surface area (Å²) in [6.45, 7) is 6.38. The number of likely N-dealkylation sites (tertiary alicyclic amines) is 1. The number of amides is 3. The molecule has 3 N–H and O–H groups in total. The highest BCUT2D eigenvalue weighted by molar-refractivity contribution is 5.97. The maximum absolute atomic E-state index is 12.7. The number of nitrogens with one attached hydrogen (secondary N) is 1. The van der Waals surface area contributed by atoms with Crippen molar-refractivity contribution in [3.05, 3.63) is 71.9 Å². The number of hydrogen-bond donors (Lipinski definition) is 2. The molecule has 1 aromatic heterocycles. The van der Waals surface area contributed by atoms with Crippen LogP contribution in [0.4, 0.5) is 16.3 Å². The first-order valence-electron chi connectivity index (χ1n) is 14.5. The van der Waals surface area contributed by atoms with Crippen LogP contribution in [0.5, 0.6) is 11.8 Å². The molecule has 0 radical (unpaired) electrons. The monoisotopic (exact) mass is 587 g/mol. The molecular formula is C31H37N7O5. The molecule has 2 aliphatic heterocycles. The Bertz CT molecular complexity index is 1410. The van der Waals surface area contributed by atoms with E-state index in [-0.39, 0.29) is 41.9 Å². The lowest BCUT2D eigenvalue weighted by Gasteiger charge is -2.35. The van der Waals surface area contributed by atoms with Crippen molar-refractivity contribution in [3.8, 4) is 11.8 Å². The molecule has 2 fully saturated rings. The summed E-state index contributed by atoms with van der Waals surface area (Å²) in [5, 5.41) is 3.23. The highest BCUT2D eigenvalue weighted by Crippen LogP contribution is 2.26. The van der Waals surface area contributed by atoms with E-state index >= 15 is 0 Å². The number of piperidine rings is 1. The van der Waals surface area contributed by atoms with Crippen molar-refractivity contribution in [3.63, 3.8) is 0 Å². The van der Waals surface area contributed by atoms with Gasteiger partial charge in [-0.1, -0.05) is 30.3 Å². The Morgan fingerprint density at radius 2 is 1.72 bits per heavy atom. The highest BCUT2D eigenvalue weighted by atomic mass is 16.6. The fraction of sp³-hybridized carbons (Fsp3) is 0.387. The molecule has 3 heterocycles. The Balaban J connectivity index is 1.16. The lowest BCUT2D eigenvalue weighted by atomic mass is 9.98. The van der Waals surface area contributed by atoms with Gasteiger partial charge >= 0.3 is 12.1 Å². The van der Waals surface area contributed by atoms with E-state index in [0.29, 0.717) is 38.5 Å². The molecule has 2 aromatic carbocycles. The minimum atomic E-state index is -0.655. The number of hydrogen-bond acceptors (Lipinski definition) is 9. The highest BCUT2D eigenvalue weighted by Gasteiger charge is 2.25. The summed E-state index contributed by atoms with van der Waals surface area (Å²) >= 11 is 0. The number of nitrogens with zero attached hydrogens (tertiary/aromatic N) is 5. The molecular weight excluding hydrogens is 550 g/mol. The van der Waals surface area contributed by atoms with Gasteiger partial charge in [-0.25, -0.2) is 9.78 Å². The average Bonchev–Trinajstić information content (AvgIpc) is 3.03. The zero-order valence-electron chi connectivity index (χ0n) is 24.3. The average molecular weight is 588 g/mol. The first-order chi connectivity index (χ1) is 20.9. The molecule has 0 saturated carbocycles. The maximum Gasteiger partial charge on any atom is 0.410 e. The fourth-order valence-corrected chi connectivity index (χ4v) is 5.29. The van der Waals surface area contributed by atoms with Gasteiger partial charge < -0.3 is 35.2 Å². The van der Waals surface area contributed by atoms with Crippen molar-refractivity contribution in [1.82, 2.24) is 19.8 Å². The molecule has 12 nitrogen and oxygen atoms in total. The van der Waals surface area contributed by atoms with Crippen LogP contribution in [0, 0.1) is 5.92 Å². The number of benzene rings is 2. The van der Waals surface area contributed by atoms with Gasteiger partial charge in [0.05, 0.1) is 0 Å². The van der Waals surface area contributed by atoms with Crippen LogP contribution >= 0.6 is 0 Å². The molecule has 2 saturated heterocycles. The molecule has 12 heteroatoms. The third kappa shape index (κ3) is 7.91. The number of aromatic nitrogens is 2. The van der Waals surface area contributed by atoms with Gasteiger partial charge in [0, 0.05) is 64.6 Å². The Labute approximate surface area is 250 Å². The first-order valence-corrected chi connectivity index (χ1v) is 14.5. The minimum absolute atomic E-state index is 0.0742. The smallest absolute Gasteiger partial charge is 0.410 e. The van der Waals surface area contributed by atoms with Crippen LogP contribution in [0.2, 0.25) is 0 Å². The van der Waals surface area contributed by atoms with E-state index in [1.165, 1.54) is 6.20 Å². The summed E-state index contributed by atoms with van der Waals surface area (Å²) in [5.41, 5.74) is 7.71. The number of nitrogens with two attached hydrogens (primary N) is 1. The molecule has 226 valence electrons. The maximum atomic E-state index is 12.7.